The third kappa shape index (κ3) is 5.11. The summed E-state index contributed by atoms with van der Waals surface area (Å²) in [5.74, 6) is 0.423. The summed E-state index contributed by atoms with van der Waals surface area (Å²) in [5, 5.41) is 5.12. The monoisotopic (exact) mass is 446 g/mol. The van der Waals surface area contributed by atoms with E-state index in [0.717, 1.165) is 49.0 Å². The van der Waals surface area contributed by atoms with Gasteiger partial charge in [-0.25, -0.2) is 9.67 Å². The predicted octanol–water partition coefficient (Wildman–Crippen LogP) is 3.17. The quantitative estimate of drug-likeness (QED) is 0.651. The number of piperazine rings is 1. The molecule has 0 saturated carbocycles. The lowest BCUT2D eigenvalue weighted by Gasteiger charge is -2.35. The van der Waals surface area contributed by atoms with Crippen LogP contribution in [-0.2, 0) is 0 Å². The van der Waals surface area contributed by atoms with Gasteiger partial charge in [-0.05, 0) is 25.1 Å². The minimum absolute atomic E-state index is 0. The van der Waals surface area contributed by atoms with Crippen molar-refractivity contribution in [2.45, 2.75) is 6.92 Å². The van der Waals surface area contributed by atoms with Crippen molar-refractivity contribution in [3.63, 3.8) is 0 Å². The molecule has 3 heterocycles. The van der Waals surface area contributed by atoms with Crippen molar-refractivity contribution in [3.8, 4) is 5.95 Å². The highest BCUT2D eigenvalue weighted by molar-refractivity contribution is 6.30. The normalized spacial score (nSPS) is 14.8. The Bertz CT molecular complexity index is 1070. The van der Waals surface area contributed by atoms with E-state index in [9.17, 15) is 4.79 Å². The molecular weight excluding hydrogens is 423 g/mol. The van der Waals surface area contributed by atoms with Gasteiger partial charge in [-0.1, -0.05) is 29.8 Å². The minimum Gasteiger partial charge on any atom is -0.369 e. The number of hydrogen-bond donors (Lipinski definition) is 1. The van der Waals surface area contributed by atoms with Crippen molar-refractivity contribution < 1.29 is 0 Å². The number of anilines is 1. The molecule has 0 aliphatic carbocycles. The highest BCUT2D eigenvalue weighted by Crippen LogP contribution is 2.20. The minimum atomic E-state index is -0.195. The highest BCUT2D eigenvalue weighted by Gasteiger charge is 2.16. The number of H-pyrrole nitrogens is 1. The van der Waals surface area contributed by atoms with Gasteiger partial charge in [0.2, 0.25) is 5.95 Å². The van der Waals surface area contributed by atoms with E-state index < -0.39 is 0 Å². The van der Waals surface area contributed by atoms with Crippen molar-refractivity contribution in [1.29, 1.82) is 0 Å². The second kappa shape index (κ2) is 9.93. The van der Waals surface area contributed by atoms with Gasteiger partial charge in [0.1, 0.15) is 0 Å². The molecule has 0 atom stereocenters. The first kappa shape index (κ1) is 22.1. The number of aromatic amines is 1. The zero-order valence-corrected chi connectivity index (χ0v) is 18.2. The van der Waals surface area contributed by atoms with Crippen LogP contribution in [0.15, 0.2) is 53.6 Å². The Morgan fingerprint density at radius 3 is 2.73 bits per heavy atom. The number of benzene rings is 1. The van der Waals surface area contributed by atoms with Crippen LogP contribution in [0.2, 0.25) is 5.02 Å². The summed E-state index contributed by atoms with van der Waals surface area (Å²) in [6.07, 6.45) is 7.50. The molecule has 0 unspecified atom stereocenters. The molecule has 9 heteroatoms. The molecule has 158 valence electrons. The number of halogens is 2. The van der Waals surface area contributed by atoms with Gasteiger partial charge in [-0.3, -0.25) is 14.7 Å². The van der Waals surface area contributed by atoms with E-state index in [0.29, 0.717) is 5.95 Å². The van der Waals surface area contributed by atoms with Crippen molar-refractivity contribution in [2.75, 3.05) is 37.6 Å². The van der Waals surface area contributed by atoms with Crippen LogP contribution in [-0.4, -0.2) is 57.4 Å². The van der Waals surface area contributed by atoms with E-state index in [2.05, 4.69) is 43.1 Å². The molecule has 4 rings (SSSR count). The van der Waals surface area contributed by atoms with Crippen LogP contribution in [0.5, 0.6) is 0 Å². The Kier molecular flexibility index (Phi) is 7.31. The molecule has 1 aliphatic rings. The van der Waals surface area contributed by atoms with E-state index in [4.69, 9.17) is 11.6 Å². The van der Waals surface area contributed by atoms with Crippen LogP contribution >= 0.6 is 24.0 Å². The first-order chi connectivity index (χ1) is 14.1. The van der Waals surface area contributed by atoms with Gasteiger partial charge in [-0.2, -0.15) is 5.10 Å². The van der Waals surface area contributed by atoms with Crippen molar-refractivity contribution in [1.82, 2.24) is 24.6 Å². The molecule has 2 aromatic heterocycles. The summed E-state index contributed by atoms with van der Waals surface area (Å²) < 4.78 is 1.64. The van der Waals surface area contributed by atoms with Crippen LogP contribution in [0.4, 0.5) is 5.69 Å². The molecule has 0 amide bonds. The van der Waals surface area contributed by atoms with Crippen molar-refractivity contribution in [2.24, 2.45) is 0 Å². The first-order valence-corrected chi connectivity index (χ1v) is 9.98. The Labute approximate surface area is 186 Å². The summed E-state index contributed by atoms with van der Waals surface area (Å²) >= 11 is 6.11. The van der Waals surface area contributed by atoms with Gasteiger partial charge >= 0.3 is 0 Å². The fraction of sp³-hybridized carbons (Fsp3) is 0.286. The average molecular weight is 447 g/mol. The van der Waals surface area contributed by atoms with E-state index in [1.807, 2.05) is 25.1 Å². The third-order valence-electron chi connectivity index (χ3n) is 5.11. The molecule has 1 fully saturated rings. The van der Waals surface area contributed by atoms with Gasteiger partial charge < -0.3 is 4.90 Å². The number of nitrogens with one attached hydrogen (secondary N) is 1. The van der Waals surface area contributed by atoms with Crippen LogP contribution in [0.1, 0.15) is 11.3 Å². The molecule has 1 N–H and O–H groups in total. The third-order valence-corrected chi connectivity index (χ3v) is 5.35. The molecular formula is C21H24Cl2N6O. The molecule has 0 bridgehead atoms. The van der Waals surface area contributed by atoms with Gasteiger partial charge in [0, 0.05) is 61.3 Å². The maximum atomic E-state index is 11.5. The molecule has 1 aromatic carbocycles. The van der Waals surface area contributed by atoms with Gasteiger partial charge in [0.15, 0.2) is 0 Å². The van der Waals surface area contributed by atoms with Crippen LogP contribution < -0.4 is 10.5 Å². The second-order valence-corrected chi connectivity index (χ2v) is 7.46. The Hall–Kier alpha value is -2.61. The zero-order chi connectivity index (χ0) is 20.2. The Balaban J connectivity index is 0.00000256. The number of rotatable bonds is 5. The zero-order valence-electron chi connectivity index (χ0n) is 16.7. The number of aromatic nitrogens is 4. The summed E-state index contributed by atoms with van der Waals surface area (Å²) in [5.41, 5.74) is 2.93. The Morgan fingerprint density at radius 1 is 1.20 bits per heavy atom. The Morgan fingerprint density at radius 2 is 2.00 bits per heavy atom. The molecule has 0 radical (unpaired) electrons. The lowest BCUT2D eigenvalue weighted by Crippen LogP contribution is -2.46. The summed E-state index contributed by atoms with van der Waals surface area (Å²) in [6.45, 7) is 6.82. The topological polar surface area (TPSA) is 70.0 Å². The van der Waals surface area contributed by atoms with E-state index in [1.165, 1.54) is 18.0 Å². The molecule has 1 aliphatic heterocycles. The number of hydrogen-bond acceptors (Lipinski definition) is 5. The molecule has 0 spiro atoms. The van der Waals surface area contributed by atoms with Gasteiger partial charge in [-0.15, -0.1) is 12.4 Å². The van der Waals surface area contributed by atoms with E-state index in [-0.39, 0.29) is 18.0 Å². The summed E-state index contributed by atoms with van der Waals surface area (Å²) in [4.78, 5) is 23.2. The SMILES string of the molecule is Cc1c(/C=C/CN2CCN(c3cccc(Cl)c3)CC2)cnn1-c1nccc(=O)[nH]1.Cl. The van der Waals surface area contributed by atoms with Crippen LogP contribution in [0.3, 0.4) is 0 Å². The van der Waals surface area contributed by atoms with Gasteiger partial charge in [0.25, 0.3) is 5.56 Å². The predicted molar refractivity (Wildman–Crippen MR) is 123 cm³/mol. The van der Waals surface area contributed by atoms with Gasteiger partial charge in [0.05, 0.1) is 11.9 Å². The van der Waals surface area contributed by atoms with Crippen LogP contribution in [0.25, 0.3) is 12.0 Å². The first-order valence-electron chi connectivity index (χ1n) is 9.60. The second-order valence-electron chi connectivity index (χ2n) is 7.02. The fourth-order valence-corrected chi connectivity index (χ4v) is 3.64. The largest absolute Gasteiger partial charge is 0.369 e. The summed E-state index contributed by atoms with van der Waals surface area (Å²) in [6, 6.07) is 9.41. The molecule has 30 heavy (non-hydrogen) atoms. The van der Waals surface area contributed by atoms with E-state index >= 15 is 0 Å². The van der Waals surface area contributed by atoms with Crippen LogP contribution in [0, 0.1) is 6.92 Å². The standard InChI is InChI=1S/C21H23ClN6O.ClH/c1-16-17(15-24-28(16)21-23-8-7-20(29)25-21)4-3-9-26-10-12-27(13-11-26)19-6-2-5-18(22)14-19;/h2-8,14-15H,9-13H2,1H3,(H,23,25,29);1H/b4-3+;. The lowest BCUT2D eigenvalue weighted by molar-refractivity contribution is 0.284. The molecule has 3 aromatic rings. The maximum Gasteiger partial charge on any atom is 0.252 e. The summed E-state index contributed by atoms with van der Waals surface area (Å²) in [7, 11) is 0. The van der Waals surface area contributed by atoms with Crippen molar-refractivity contribution >= 4 is 35.8 Å². The lowest BCUT2D eigenvalue weighted by atomic mass is 10.2. The maximum absolute atomic E-state index is 11.5. The van der Waals surface area contributed by atoms with Crippen molar-refractivity contribution in [3.05, 3.63) is 75.4 Å². The fourth-order valence-electron chi connectivity index (χ4n) is 3.46. The van der Waals surface area contributed by atoms with E-state index in [1.54, 1.807) is 10.9 Å². The smallest absolute Gasteiger partial charge is 0.252 e. The number of nitrogens with zero attached hydrogens (tertiary/aromatic N) is 5. The average Bonchev–Trinajstić information content (AvgIpc) is 3.09. The highest BCUT2D eigenvalue weighted by atomic mass is 35.5. The molecule has 1 saturated heterocycles. The molecule has 7 nitrogen and oxygen atoms in total.